The van der Waals surface area contributed by atoms with Gasteiger partial charge in [-0.15, -0.1) is 0 Å². The highest BCUT2D eigenvalue weighted by Crippen LogP contribution is 2.56. The molecule has 8 nitrogen and oxygen atoms in total. The fourth-order valence-corrected chi connectivity index (χ4v) is 8.31. The molecule has 198 valence electrons. The molecule has 10 heteroatoms. The summed E-state index contributed by atoms with van der Waals surface area (Å²) in [4.78, 5) is 30.1. The Morgan fingerprint density at radius 3 is 2.41 bits per heavy atom. The first kappa shape index (κ1) is 25.6. The molecule has 0 atom stereocenters. The van der Waals surface area contributed by atoms with Crippen molar-refractivity contribution in [3.8, 4) is 0 Å². The minimum absolute atomic E-state index is 0.0622. The Kier molecular flexibility index (Phi) is 6.72. The number of rotatable bonds is 7. The molecule has 6 rings (SSSR count). The molecular weight excluding hydrogens is 497 g/mol. The Bertz CT molecular complexity index is 1290. The third-order valence-corrected chi connectivity index (χ3v) is 11.2. The van der Waals surface area contributed by atoms with Crippen LogP contribution in [0.1, 0.15) is 68.7 Å². The van der Waals surface area contributed by atoms with Crippen LogP contribution >= 0.6 is 0 Å². The Morgan fingerprint density at radius 1 is 1.08 bits per heavy atom. The topological polar surface area (TPSA) is 106 Å². The van der Waals surface area contributed by atoms with E-state index in [2.05, 4.69) is 10.3 Å². The maximum atomic E-state index is 13.4. The van der Waals surface area contributed by atoms with Crippen LogP contribution in [-0.2, 0) is 37.9 Å². The van der Waals surface area contributed by atoms with Crippen molar-refractivity contribution in [3.05, 3.63) is 59.2 Å². The average molecular weight is 530 g/mol. The predicted octanol–water partition coefficient (Wildman–Crippen LogP) is 4.48. The van der Waals surface area contributed by atoms with Gasteiger partial charge in [-0.3, -0.25) is 9.78 Å². The molecule has 2 aromatic rings. The summed E-state index contributed by atoms with van der Waals surface area (Å²) in [5.74, 6) is -1.02. The number of halogens is 1. The van der Waals surface area contributed by atoms with Gasteiger partial charge in [-0.1, -0.05) is 12.1 Å². The maximum Gasteiger partial charge on any atom is 0.322 e. The number of esters is 1. The number of benzene rings is 1. The summed E-state index contributed by atoms with van der Waals surface area (Å²) in [7, 11) is -3.41. The molecule has 2 heterocycles. The van der Waals surface area contributed by atoms with Crippen LogP contribution in [0.25, 0.3) is 0 Å². The van der Waals surface area contributed by atoms with Crippen molar-refractivity contribution in [2.45, 2.75) is 75.1 Å². The Hall–Kier alpha value is -3.01. The fourth-order valence-electron chi connectivity index (χ4n) is 6.20. The van der Waals surface area contributed by atoms with Gasteiger partial charge >= 0.3 is 12.0 Å². The number of amides is 2. The predicted molar refractivity (Wildman–Crippen MR) is 136 cm³/mol. The van der Waals surface area contributed by atoms with Crippen LogP contribution in [0, 0.1) is 5.82 Å². The number of carbonyl (C=O) groups is 2. The molecule has 2 amide bonds. The highest BCUT2D eigenvalue weighted by Gasteiger charge is 2.55. The molecule has 37 heavy (non-hydrogen) atoms. The molecule has 1 aromatic heterocycles. The van der Waals surface area contributed by atoms with E-state index in [9.17, 15) is 22.4 Å². The van der Waals surface area contributed by atoms with Gasteiger partial charge < -0.3 is 15.0 Å². The summed E-state index contributed by atoms with van der Waals surface area (Å²) in [5.41, 5.74) is 3.20. The fraction of sp³-hybridized carbons (Fsp3) is 0.519. The number of nitrogens with zero attached hydrogens (tertiary/aromatic N) is 2. The van der Waals surface area contributed by atoms with E-state index in [1.165, 1.54) is 6.07 Å². The van der Waals surface area contributed by atoms with Crippen molar-refractivity contribution in [2.24, 2.45) is 0 Å². The number of hydrogen-bond acceptors (Lipinski definition) is 6. The van der Waals surface area contributed by atoms with Gasteiger partial charge in [0.2, 0.25) is 0 Å². The van der Waals surface area contributed by atoms with E-state index in [1.54, 1.807) is 11.8 Å². The van der Waals surface area contributed by atoms with Gasteiger partial charge in [-0.2, -0.15) is 0 Å². The number of anilines is 1. The highest BCUT2D eigenvalue weighted by molar-refractivity contribution is 7.92. The van der Waals surface area contributed by atoms with Crippen molar-refractivity contribution in [1.29, 1.82) is 0 Å². The van der Waals surface area contributed by atoms with Crippen LogP contribution < -0.4 is 5.32 Å². The van der Waals surface area contributed by atoms with Gasteiger partial charge in [0.05, 0.1) is 42.0 Å². The minimum Gasteiger partial charge on any atom is -0.466 e. The van der Waals surface area contributed by atoms with E-state index < -0.39 is 26.4 Å². The zero-order valence-corrected chi connectivity index (χ0v) is 21.8. The van der Waals surface area contributed by atoms with E-state index in [4.69, 9.17) is 4.74 Å². The number of aromatic nitrogens is 1. The SMILES string of the molecule is CCOC(=O)CCS(=O)(=O)C12CCC(c3ccc(NC(=O)N4Cc5cc(F)cnc5C4)cc3)(CC1)CC2. The quantitative estimate of drug-likeness (QED) is 0.530. The van der Waals surface area contributed by atoms with Crippen LogP contribution in [0.2, 0.25) is 0 Å². The minimum atomic E-state index is -3.41. The third kappa shape index (κ3) is 4.83. The number of fused-ring (bicyclic) bond motifs is 4. The molecule has 0 radical (unpaired) electrons. The summed E-state index contributed by atoms with van der Waals surface area (Å²) < 4.78 is 44.0. The first-order valence-corrected chi connectivity index (χ1v) is 14.5. The standard InChI is InChI=1S/C27H32FN3O5S/c1-2-36-24(32)7-14-37(34,35)27-11-8-26(9-12-27,10-13-27)20-3-5-22(6-4-20)30-25(33)31-17-19-15-21(28)16-29-23(19)18-31/h3-6,15-16H,2,7-14,17-18H2,1H3,(H,30,33). The van der Waals surface area contributed by atoms with Crippen molar-refractivity contribution < 1.29 is 27.1 Å². The monoisotopic (exact) mass is 529 g/mol. The second-order valence-electron chi connectivity index (χ2n) is 10.5. The van der Waals surface area contributed by atoms with Crippen LogP contribution in [0.3, 0.4) is 0 Å². The van der Waals surface area contributed by atoms with E-state index in [1.807, 2.05) is 24.3 Å². The molecule has 0 spiro atoms. The summed E-state index contributed by atoms with van der Waals surface area (Å²) in [6.07, 6.45) is 5.22. The average Bonchev–Trinajstić information content (AvgIpc) is 3.33. The van der Waals surface area contributed by atoms with E-state index >= 15 is 0 Å². The molecule has 1 aliphatic heterocycles. The second-order valence-corrected chi connectivity index (χ2v) is 13.0. The smallest absolute Gasteiger partial charge is 0.322 e. The molecule has 1 aromatic carbocycles. The van der Waals surface area contributed by atoms with Gasteiger partial charge in [0.15, 0.2) is 9.84 Å². The lowest BCUT2D eigenvalue weighted by Crippen LogP contribution is -2.53. The van der Waals surface area contributed by atoms with Gasteiger partial charge in [0.1, 0.15) is 5.82 Å². The van der Waals surface area contributed by atoms with E-state index in [-0.39, 0.29) is 30.2 Å². The lowest BCUT2D eigenvalue weighted by atomic mass is 9.57. The third-order valence-electron chi connectivity index (χ3n) is 8.48. The Labute approximate surface area is 216 Å². The summed E-state index contributed by atoms with van der Waals surface area (Å²) in [5, 5.41) is 2.91. The first-order valence-electron chi connectivity index (χ1n) is 12.8. The second kappa shape index (κ2) is 9.70. The number of hydrogen-bond donors (Lipinski definition) is 1. The van der Waals surface area contributed by atoms with Crippen LogP contribution in [-0.4, -0.2) is 47.4 Å². The number of urea groups is 1. The molecule has 4 aliphatic rings. The van der Waals surface area contributed by atoms with Crippen LogP contribution in [0.15, 0.2) is 36.5 Å². The number of sulfone groups is 1. The maximum absolute atomic E-state index is 13.4. The van der Waals surface area contributed by atoms with Crippen LogP contribution in [0.4, 0.5) is 14.9 Å². The van der Waals surface area contributed by atoms with Crippen molar-refractivity contribution in [3.63, 3.8) is 0 Å². The van der Waals surface area contributed by atoms with Crippen molar-refractivity contribution in [1.82, 2.24) is 9.88 Å². The number of carbonyl (C=O) groups excluding carboxylic acids is 2. The lowest BCUT2D eigenvalue weighted by Gasteiger charge is -2.53. The zero-order chi connectivity index (χ0) is 26.3. The molecule has 2 bridgehead atoms. The van der Waals surface area contributed by atoms with Crippen molar-refractivity contribution >= 4 is 27.5 Å². The van der Waals surface area contributed by atoms with E-state index in [0.29, 0.717) is 43.7 Å². The molecule has 1 N–H and O–H groups in total. The molecule has 3 aliphatic carbocycles. The highest BCUT2D eigenvalue weighted by atomic mass is 32.2. The van der Waals surface area contributed by atoms with Gasteiger partial charge in [0, 0.05) is 12.2 Å². The number of ether oxygens (including phenoxy) is 1. The van der Waals surface area contributed by atoms with Crippen molar-refractivity contribution in [2.75, 3.05) is 17.7 Å². The van der Waals surface area contributed by atoms with Gasteiger partial charge in [-0.05, 0) is 80.2 Å². The van der Waals surface area contributed by atoms with Crippen LogP contribution in [0.5, 0.6) is 0 Å². The molecule has 0 saturated heterocycles. The van der Waals surface area contributed by atoms with Gasteiger partial charge in [0.25, 0.3) is 0 Å². The molecule has 0 unspecified atom stereocenters. The number of nitrogens with one attached hydrogen (secondary N) is 1. The summed E-state index contributed by atoms with van der Waals surface area (Å²) >= 11 is 0. The first-order chi connectivity index (χ1) is 17.7. The largest absolute Gasteiger partial charge is 0.466 e. The Balaban J connectivity index is 1.19. The molecule has 3 saturated carbocycles. The lowest BCUT2D eigenvalue weighted by molar-refractivity contribution is -0.142. The zero-order valence-electron chi connectivity index (χ0n) is 21.0. The molecule has 3 fully saturated rings. The van der Waals surface area contributed by atoms with E-state index in [0.717, 1.165) is 36.6 Å². The normalized spacial score (nSPS) is 24.5. The summed E-state index contributed by atoms with van der Waals surface area (Å²) in [6, 6.07) is 8.97. The molecular formula is C27H32FN3O5S. The Morgan fingerprint density at radius 2 is 1.76 bits per heavy atom. The van der Waals surface area contributed by atoms with Gasteiger partial charge in [-0.25, -0.2) is 17.6 Å². The number of pyridine rings is 1. The summed E-state index contributed by atoms with van der Waals surface area (Å²) in [6.45, 7) is 2.62.